The second kappa shape index (κ2) is 3.51. The Kier molecular flexibility index (Phi) is 2.13. The van der Waals surface area contributed by atoms with Crippen LogP contribution in [-0.4, -0.2) is 12.6 Å². The highest BCUT2D eigenvalue weighted by atomic mass is 16.4. The summed E-state index contributed by atoms with van der Waals surface area (Å²) in [6.45, 7) is 2.88. The number of aryl methyl sites for hydroxylation is 1. The van der Waals surface area contributed by atoms with Crippen LogP contribution in [0.4, 0.5) is 5.69 Å². The van der Waals surface area contributed by atoms with Gasteiger partial charge in [-0.2, -0.15) is 0 Å². The molecule has 0 bridgehead atoms. The van der Waals surface area contributed by atoms with Crippen LogP contribution in [0.5, 0.6) is 0 Å². The van der Waals surface area contributed by atoms with E-state index in [1.165, 1.54) is 19.3 Å². The molecule has 1 aromatic rings. The van der Waals surface area contributed by atoms with E-state index in [2.05, 4.69) is 11.0 Å². The van der Waals surface area contributed by atoms with Crippen LogP contribution >= 0.6 is 0 Å². The van der Waals surface area contributed by atoms with Crippen molar-refractivity contribution in [1.82, 2.24) is 0 Å². The Labute approximate surface area is 94.4 Å². The summed E-state index contributed by atoms with van der Waals surface area (Å²) in [5.41, 5.74) is 1.56. The smallest absolute Gasteiger partial charge is 0.345 e. The predicted octanol–water partition coefficient (Wildman–Crippen LogP) is 2.33. The van der Waals surface area contributed by atoms with Gasteiger partial charge in [0, 0.05) is 18.7 Å². The largest absolute Gasteiger partial charge is 0.428 e. The molecule has 3 nitrogen and oxygen atoms in total. The molecule has 1 fully saturated rings. The third-order valence-corrected chi connectivity index (χ3v) is 3.43. The van der Waals surface area contributed by atoms with Gasteiger partial charge in [0.05, 0.1) is 11.3 Å². The van der Waals surface area contributed by atoms with Crippen LogP contribution in [-0.2, 0) is 0 Å². The van der Waals surface area contributed by atoms with Crippen molar-refractivity contribution in [3.63, 3.8) is 0 Å². The molecule has 0 saturated carbocycles. The van der Waals surface area contributed by atoms with Gasteiger partial charge in [-0.05, 0) is 32.3 Å². The van der Waals surface area contributed by atoms with Crippen LogP contribution < -0.4 is 10.5 Å². The second-order valence-electron chi connectivity index (χ2n) is 4.56. The number of fused-ring (bicyclic) bond motifs is 3. The Morgan fingerprint density at radius 2 is 2.31 bits per heavy atom. The number of rotatable bonds is 0. The van der Waals surface area contributed by atoms with Crippen LogP contribution in [0.1, 0.15) is 30.6 Å². The second-order valence-corrected chi connectivity index (χ2v) is 4.56. The van der Waals surface area contributed by atoms with E-state index in [4.69, 9.17) is 4.42 Å². The zero-order valence-electron chi connectivity index (χ0n) is 9.40. The molecule has 0 aromatic carbocycles. The summed E-state index contributed by atoms with van der Waals surface area (Å²) in [5.74, 6) is 0.698. The standard InChI is InChI=1S/C13H15NO2/c1-9-8-12-11(13(15)16-9)6-5-10-4-2-3-7-14(10)12/h5-6,8,10H,2-4,7H2,1H3/t10-/m1/s1. The summed E-state index contributed by atoms with van der Waals surface area (Å²) in [6, 6.07) is 2.46. The molecule has 1 aromatic heterocycles. The quantitative estimate of drug-likeness (QED) is 0.668. The molecular weight excluding hydrogens is 202 g/mol. The molecule has 16 heavy (non-hydrogen) atoms. The summed E-state index contributed by atoms with van der Waals surface area (Å²) in [6.07, 6.45) is 7.74. The van der Waals surface area contributed by atoms with Crippen molar-refractivity contribution in [3.8, 4) is 0 Å². The maximum atomic E-state index is 11.7. The Bertz CT molecular complexity index is 501. The molecule has 3 heterocycles. The summed E-state index contributed by atoms with van der Waals surface area (Å²) < 4.78 is 5.12. The average molecular weight is 217 g/mol. The van der Waals surface area contributed by atoms with Gasteiger partial charge in [0.15, 0.2) is 0 Å². The molecule has 0 unspecified atom stereocenters. The van der Waals surface area contributed by atoms with Crippen molar-refractivity contribution < 1.29 is 4.42 Å². The van der Waals surface area contributed by atoms with Crippen LogP contribution in [0, 0.1) is 6.92 Å². The van der Waals surface area contributed by atoms with E-state index >= 15 is 0 Å². The van der Waals surface area contributed by atoms with Gasteiger partial charge >= 0.3 is 5.63 Å². The number of nitrogens with zero attached hydrogens (tertiary/aromatic N) is 1. The normalized spacial score (nSPS) is 22.8. The molecule has 1 saturated heterocycles. The lowest BCUT2D eigenvalue weighted by atomic mass is 9.96. The molecule has 1 atom stereocenters. The lowest BCUT2D eigenvalue weighted by Gasteiger charge is -2.38. The maximum absolute atomic E-state index is 11.7. The summed E-state index contributed by atoms with van der Waals surface area (Å²) in [4.78, 5) is 14.1. The first-order valence-corrected chi connectivity index (χ1v) is 5.85. The molecule has 0 aliphatic carbocycles. The fraction of sp³-hybridized carbons (Fsp3) is 0.462. The molecular formula is C13H15NO2. The third kappa shape index (κ3) is 1.39. The van der Waals surface area contributed by atoms with Crippen molar-refractivity contribution >= 4 is 11.8 Å². The van der Waals surface area contributed by atoms with Crippen LogP contribution in [0.2, 0.25) is 0 Å². The fourth-order valence-electron chi connectivity index (χ4n) is 2.66. The van der Waals surface area contributed by atoms with E-state index in [0.29, 0.717) is 17.4 Å². The van der Waals surface area contributed by atoms with Crippen molar-refractivity contribution in [2.75, 3.05) is 11.4 Å². The van der Waals surface area contributed by atoms with E-state index in [1.807, 2.05) is 19.1 Å². The van der Waals surface area contributed by atoms with Gasteiger partial charge in [0.2, 0.25) is 0 Å². The molecule has 0 N–H and O–H groups in total. The highest BCUT2D eigenvalue weighted by Gasteiger charge is 2.26. The van der Waals surface area contributed by atoms with Gasteiger partial charge < -0.3 is 9.32 Å². The third-order valence-electron chi connectivity index (χ3n) is 3.43. The maximum Gasteiger partial charge on any atom is 0.345 e. The van der Waals surface area contributed by atoms with Gasteiger partial charge in [-0.15, -0.1) is 0 Å². The topological polar surface area (TPSA) is 33.5 Å². The van der Waals surface area contributed by atoms with E-state index in [-0.39, 0.29) is 5.63 Å². The van der Waals surface area contributed by atoms with Crippen LogP contribution in [0.25, 0.3) is 6.08 Å². The first-order valence-electron chi connectivity index (χ1n) is 5.85. The van der Waals surface area contributed by atoms with Gasteiger partial charge in [-0.3, -0.25) is 0 Å². The zero-order chi connectivity index (χ0) is 11.1. The predicted molar refractivity (Wildman–Crippen MR) is 63.7 cm³/mol. The lowest BCUT2D eigenvalue weighted by Crippen LogP contribution is -2.41. The molecule has 2 aliphatic rings. The fourth-order valence-corrected chi connectivity index (χ4v) is 2.66. The molecule has 84 valence electrons. The monoisotopic (exact) mass is 217 g/mol. The van der Waals surface area contributed by atoms with Crippen molar-refractivity contribution in [2.45, 2.75) is 32.2 Å². The minimum absolute atomic E-state index is 0.213. The molecule has 3 heteroatoms. The Morgan fingerprint density at radius 1 is 1.44 bits per heavy atom. The van der Waals surface area contributed by atoms with Gasteiger partial charge in [0.1, 0.15) is 5.76 Å². The minimum atomic E-state index is -0.213. The van der Waals surface area contributed by atoms with E-state index in [9.17, 15) is 4.79 Å². The molecule has 2 aliphatic heterocycles. The van der Waals surface area contributed by atoms with Crippen molar-refractivity contribution in [2.24, 2.45) is 0 Å². The lowest BCUT2D eigenvalue weighted by molar-refractivity contribution is 0.469. The zero-order valence-corrected chi connectivity index (χ0v) is 9.40. The highest BCUT2D eigenvalue weighted by Crippen LogP contribution is 2.32. The summed E-state index contributed by atoms with van der Waals surface area (Å²) in [7, 11) is 0. The van der Waals surface area contributed by atoms with Gasteiger partial charge in [-0.1, -0.05) is 6.08 Å². The number of hydrogen-bond acceptors (Lipinski definition) is 3. The Morgan fingerprint density at radius 3 is 3.19 bits per heavy atom. The summed E-state index contributed by atoms with van der Waals surface area (Å²) in [5, 5.41) is 0. The van der Waals surface area contributed by atoms with Crippen LogP contribution in [0.3, 0.4) is 0 Å². The number of piperidine rings is 1. The van der Waals surface area contributed by atoms with Gasteiger partial charge in [-0.25, -0.2) is 4.79 Å². The van der Waals surface area contributed by atoms with Crippen LogP contribution in [0.15, 0.2) is 21.4 Å². The van der Waals surface area contributed by atoms with Gasteiger partial charge in [0.25, 0.3) is 0 Å². The molecule has 0 spiro atoms. The minimum Gasteiger partial charge on any atom is -0.428 e. The van der Waals surface area contributed by atoms with E-state index in [0.717, 1.165) is 12.2 Å². The number of hydrogen-bond donors (Lipinski definition) is 0. The van der Waals surface area contributed by atoms with E-state index in [1.54, 1.807) is 0 Å². The molecule has 3 rings (SSSR count). The number of anilines is 1. The SMILES string of the molecule is Cc1cc2c(c(=O)o1)C=C[C@H]1CCCCN21. The molecule has 0 radical (unpaired) electrons. The van der Waals surface area contributed by atoms with Crippen molar-refractivity contribution in [3.05, 3.63) is 33.9 Å². The van der Waals surface area contributed by atoms with E-state index < -0.39 is 0 Å². The van der Waals surface area contributed by atoms with Crippen molar-refractivity contribution in [1.29, 1.82) is 0 Å². The first-order chi connectivity index (χ1) is 7.75. The Balaban J connectivity index is 2.16. The average Bonchev–Trinajstić information content (AvgIpc) is 2.28. The molecule has 0 amide bonds. The Hall–Kier alpha value is -1.51. The first kappa shape index (κ1) is 9.70. The summed E-state index contributed by atoms with van der Waals surface area (Å²) >= 11 is 0. The highest BCUT2D eigenvalue weighted by molar-refractivity contribution is 5.71.